The van der Waals surface area contributed by atoms with Gasteiger partial charge in [-0.05, 0) is 35.9 Å². The zero-order valence-corrected chi connectivity index (χ0v) is 16.0. The van der Waals surface area contributed by atoms with E-state index in [-0.39, 0.29) is 6.79 Å². The minimum atomic E-state index is -0.429. The summed E-state index contributed by atoms with van der Waals surface area (Å²) in [4.78, 5) is 17.9. The molecule has 0 radical (unpaired) electrons. The maximum atomic E-state index is 13.1. The third kappa shape index (κ3) is 2.37. The lowest BCUT2D eigenvalue weighted by molar-refractivity contribution is 0.174. The summed E-state index contributed by atoms with van der Waals surface area (Å²) in [6, 6.07) is 18.7. The van der Waals surface area contributed by atoms with Crippen molar-refractivity contribution in [3.8, 4) is 28.4 Å². The van der Waals surface area contributed by atoms with Crippen molar-refractivity contribution >= 4 is 32.8 Å². The van der Waals surface area contributed by atoms with E-state index in [0.717, 1.165) is 27.6 Å². The van der Waals surface area contributed by atoms with Crippen molar-refractivity contribution < 1.29 is 18.6 Å². The van der Waals surface area contributed by atoms with E-state index in [1.54, 1.807) is 13.2 Å². The van der Waals surface area contributed by atoms with Crippen molar-refractivity contribution in [3.05, 3.63) is 71.1 Å². The molecule has 0 saturated carbocycles. The van der Waals surface area contributed by atoms with Crippen LogP contribution in [-0.4, -0.2) is 18.9 Å². The summed E-state index contributed by atoms with van der Waals surface area (Å²) in [6.07, 6.45) is 0. The van der Waals surface area contributed by atoms with Crippen molar-refractivity contribution in [2.75, 3.05) is 13.9 Å². The van der Waals surface area contributed by atoms with Crippen molar-refractivity contribution in [2.24, 2.45) is 0 Å². The SMILES string of the molecule is COc1ccc(-c2c3cc4c(cc3nc3c2c(=O)oc2ccccc23)OCO4)cc1. The average molecular weight is 397 g/mol. The molecule has 0 fully saturated rings. The summed E-state index contributed by atoms with van der Waals surface area (Å²) in [6.45, 7) is 0.161. The number of nitrogens with zero attached hydrogens (tertiary/aromatic N) is 1. The smallest absolute Gasteiger partial charge is 0.346 e. The molecule has 0 bridgehead atoms. The Balaban J connectivity index is 1.83. The maximum Gasteiger partial charge on any atom is 0.346 e. The van der Waals surface area contributed by atoms with Gasteiger partial charge in [0.1, 0.15) is 11.3 Å². The molecule has 1 aliphatic heterocycles. The fourth-order valence-electron chi connectivity index (χ4n) is 4.01. The Labute approximate surface area is 170 Å². The molecule has 2 aromatic heterocycles. The summed E-state index contributed by atoms with van der Waals surface area (Å²) < 4.78 is 22.1. The molecule has 30 heavy (non-hydrogen) atoms. The molecular formula is C24H15NO5. The molecule has 0 saturated heterocycles. The minimum Gasteiger partial charge on any atom is -0.497 e. The van der Waals surface area contributed by atoms with Crippen LogP contribution >= 0.6 is 0 Å². The van der Waals surface area contributed by atoms with E-state index < -0.39 is 5.63 Å². The number of benzene rings is 3. The van der Waals surface area contributed by atoms with E-state index in [2.05, 4.69) is 0 Å². The molecule has 0 atom stereocenters. The molecular weight excluding hydrogens is 382 g/mol. The first-order valence-electron chi connectivity index (χ1n) is 9.46. The highest BCUT2D eigenvalue weighted by molar-refractivity contribution is 6.15. The van der Waals surface area contributed by atoms with Gasteiger partial charge in [0, 0.05) is 22.4 Å². The molecule has 0 unspecified atom stereocenters. The fraction of sp³-hybridized carbons (Fsp3) is 0.0833. The largest absolute Gasteiger partial charge is 0.497 e. The highest BCUT2D eigenvalue weighted by Crippen LogP contribution is 2.42. The van der Waals surface area contributed by atoms with Gasteiger partial charge in [-0.3, -0.25) is 0 Å². The number of fused-ring (bicyclic) bond motifs is 5. The number of pyridine rings is 1. The second-order valence-corrected chi connectivity index (χ2v) is 7.05. The van der Waals surface area contributed by atoms with Crippen molar-refractivity contribution in [1.29, 1.82) is 0 Å². The van der Waals surface area contributed by atoms with Crippen LogP contribution in [0.1, 0.15) is 0 Å². The van der Waals surface area contributed by atoms with E-state index in [1.807, 2.05) is 54.6 Å². The topological polar surface area (TPSA) is 70.8 Å². The monoisotopic (exact) mass is 397 g/mol. The highest BCUT2D eigenvalue weighted by Gasteiger charge is 2.22. The first-order valence-corrected chi connectivity index (χ1v) is 9.46. The lowest BCUT2D eigenvalue weighted by atomic mass is 9.95. The molecule has 1 aliphatic rings. The van der Waals surface area contributed by atoms with Crippen LogP contribution < -0.4 is 19.8 Å². The highest BCUT2D eigenvalue weighted by atomic mass is 16.7. The van der Waals surface area contributed by atoms with Gasteiger partial charge >= 0.3 is 5.63 Å². The zero-order valence-electron chi connectivity index (χ0n) is 16.0. The molecule has 0 spiro atoms. The van der Waals surface area contributed by atoms with Gasteiger partial charge in [-0.1, -0.05) is 24.3 Å². The Kier molecular flexibility index (Phi) is 3.49. The third-order valence-corrected chi connectivity index (χ3v) is 5.41. The Morgan fingerprint density at radius 3 is 2.50 bits per heavy atom. The predicted molar refractivity (Wildman–Crippen MR) is 113 cm³/mol. The average Bonchev–Trinajstić information content (AvgIpc) is 3.24. The third-order valence-electron chi connectivity index (χ3n) is 5.41. The summed E-state index contributed by atoms with van der Waals surface area (Å²) in [5.41, 5.74) is 2.99. The Bertz CT molecular complexity index is 1520. The van der Waals surface area contributed by atoms with Crippen LogP contribution in [0.2, 0.25) is 0 Å². The van der Waals surface area contributed by atoms with Gasteiger partial charge in [0.05, 0.1) is 23.5 Å². The Morgan fingerprint density at radius 2 is 1.70 bits per heavy atom. The first-order chi connectivity index (χ1) is 14.7. The molecule has 3 aromatic carbocycles. The van der Waals surface area contributed by atoms with Crippen LogP contribution in [-0.2, 0) is 0 Å². The van der Waals surface area contributed by atoms with Gasteiger partial charge in [0.15, 0.2) is 11.5 Å². The standard InChI is InChI=1S/C24H15NO5/c1-27-14-8-6-13(7-9-14)21-16-10-19-20(29-12-28-19)11-17(16)25-23-15-4-2-3-5-18(15)30-24(26)22(21)23/h2-11H,12H2,1H3. The summed E-state index contributed by atoms with van der Waals surface area (Å²) >= 11 is 0. The van der Waals surface area contributed by atoms with Crippen molar-refractivity contribution in [3.63, 3.8) is 0 Å². The molecule has 3 heterocycles. The minimum absolute atomic E-state index is 0.161. The normalized spacial score (nSPS) is 12.7. The van der Waals surface area contributed by atoms with Crippen LogP contribution in [0.25, 0.3) is 43.9 Å². The molecule has 6 nitrogen and oxygen atoms in total. The summed E-state index contributed by atoms with van der Waals surface area (Å²) in [5.74, 6) is 2.00. The van der Waals surface area contributed by atoms with E-state index in [0.29, 0.717) is 33.5 Å². The summed E-state index contributed by atoms with van der Waals surface area (Å²) in [7, 11) is 1.62. The number of ether oxygens (including phenoxy) is 3. The number of aromatic nitrogens is 1. The summed E-state index contributed by atoms with van der Waals surface area (Å²) in [5, 5.41) is 2.01. The predicted octanol–water partition coefficient (Wildman–Crippen LogP) is 4.90. The van der Waals surface area contributed by atoms with Gasteiger partial charge in [0.2, 0.25) is 6.79 Å². The fourth-order valence-corrected chi connectivity index (χ4v) is 4.01. The molecule has 6 rings (SSSR count). The Hall–Kier alpha value is -4.06. The van der Waals surface area contributed by atoms with Gasteiger partial charge < -0.3 is 18.6 Å². The number of methoxy groups -OCH3 is 1. The van der Waals surface area contributed by atoms with Crippen LogP contribution in [0, 0.1) is 0 Å². The molecule has 6 heteroatoms. The second kappa shape index (κ2) is 6.22. The van der Waals surface area contributed by atoms with Gasteiger partial charge in [0.25, 0.3) is 0 Å². The van der Waals surface area contributed by atoms with E-state index in [9.17, 15) is 4.79 Å². The lowest BCUT2D eigenvalue weighted by Crippen LogP contribution is -2.04. The quantitative estimate of drug-likeness (QED) is 0.240. The second-order valence-electron chi connectivity index (χ2n) is 7.05. The first kappa shape index (κ1) is 16.9. The van der Waals surface area contributed by atoms with Gasteiger partial charge in [-0.15, -0.1) is 0 Å². The van der Waals surface area contributed by atoms with Crippen LogP contribution in [0.5, 0.6) is 17.2 Å². The number of rotatable bonds is 2. The van der Waals surface area contributed by atoms with Crippen LogP contribution in [0.3, 0.4) is 0 Å². The molecule has 0 N–H and O–H groups in total. The maximum absolute atomic E-state index is 13.1. The number of hydrogen-bond acceptors (Lipinski definition) is 6. The zero-order chi connectivity index (χ0) is 20.2. The van der Waals surface area contributed by atoms with E-state index in [1.165, 1.54) is 0 Å². The molecule has 146 valence electrons. The molecule has 0 amide bonds. The van der Waals surface area contributed by atoms with Crippen LogP contribution in [0.15, 0.2) is 69.9 Å². The van der Waals surface area contributed by atoms with E-state index >= 15 is 0 Å². The van der Waals surface area contributed by atoms with Gasteiger partial charge in [-0.2, -0.15) is 0 Å². The van der Waals surface area contributed by atoms with Crippen molar-refractivity contribution in [2.45, 2.75) is 0 Å². The van der Waals surface area contributed by atoms with E-state index in [4.69, 9.17) is 23.6 Å². The Morgan fingerprint density at radius 1 is 0.933 bits per heavy atom. The van der Waals surface area contributed by atoms with Gasteiger partial charge in [-0.25, -0.2) is 9.78 Å². The van der Waals surface area contributed by atoms with Crippen molar-refractivity contribution in [1.82, 2.24) is 4.98 Å². The lowest BCUT2D eigenvalue weighted by Gasteiger charge is -2.13. The van der Waals surface area contributed by atoms with Crippen LogP contribution in [0.4, 0.5) is 0 Å². The number of hydrogen-bond donors (Lipinski definition) is 0. The number of para-hydroxylation sites is 1. The molecule has 5 aromatic rings. The molecule has 0 aliphatic carbocycles.